The molecule has 0 amide bonds. The maximum absolute atomic E-state index is 6.09. The van der Waals surface area contributed by atoms with Crippen molar-refractivity contribution >= 4 is 0 Å². The summed E-state index contributed by atoms with van der Waals surface area (Å²) in [5, 5.41) is 6.98. The normalized spacial score (nSPS) is 40.0. The molecule has 3 aliphatic heterocycles. The first-order valence-electron chi connectivity index (χ1n) is 6.00. The van der Waals surface area contributed by atoms with E-state index in [1.807, 2.05) is 0 Å². The highest BCUT2D eigenvalue weighted by molar-refractivity contribution is 4.96. The van der Waals surface area contributed by atoms with Gasteiger partial charge in [-0.1, -0.05) is 0 Å². The molecule has 3 aliphatic rings. The van der Waals surface area contributed by atoms with Gasteiger partial charge in [-0.15, -0.1) is 0 Å². The van der Waals surface area contributed by atoms with Crippen molar-refractivity contribution in [2.75, 3.05) is 39.5 Å². The molecule has 2 spiro atoms. The van der Waals surface area contributed by atoms with Gasteiger partial charge in [-0.05, 0) is 19.4 Å². The summed E-state index contributed by atoms with van der Waals surface area (Å²) in [7, 11) is 0. The molecule has 3 saturated heterocycles. The summed E-state index contributed by atoms with van der Waals surface area (Å²) in [5.41, 5.74) is 0.301. The predicted molar refractivity (Wildman–Crippen MR) is 56.7 cm³/mol. The van der Waals surface area contributed by atoms with Crippen LogP contribution in [0.3, 0.4) is 0 Å². The lowest BCUT2D eigenvalue weighted by Crippen LogP contribution is -2.61. The first kappa shape index (κ1) is 10.0. The molecule has 0 saturated carbocycles. The van der Waals surface area contributed by atoms with Crippen LogP contribution in [0.4, 0.5) is 0 Å². The SMILES string of the molecule is C1CC2(CN1)NCC1(CCOCC1)CO2. The van der Waals surface area contributed by atoms with Gasteiger partial charge >= 0.3 is 0 Å². The van der Waals surface area contributed by atoms with Crippen LogP contribution in [0.1, 0.15) is 19.3 Å². The Bertz CT molecular complexity index is 221. The van der Waals surface area contributed by atoms with Gasteiger partial charge in [-0.2, -0.15) is 0 Å². The van der Waals surface area contributed by atoms with Crippen LogP contribution in [0.2, 0.25) is 0 Å². The van der Waals surface area contributed by atoms with Crippen LogP contribution >= 0.6 is 0 Å². The van der Waals surface area contributed by atoms with Crippen molar-refractivity contribution in [1.29, 1.82) is 0 Å². The van der Waals surface area contributed by atoms with Crippen molar-refractivity contribution in [2.45, 2.75) is 25.0 Å². The fourth-order valence-electron chi connectivity index (χ4n) is 2.81. The highest BCUT2D eigenvalue weighted by Gasteiger charge is 2.45. The lowest BCUT2D eigenvalue weighted by atomic mass is 9.79. The fourth-order valence-corrected chi connectivity index (χ4v) is 2.81. The lowest BCUT2D eigenvalue weighted by Gasteiger charge is -2.47. The number of hydrogen-bond donors (Lipinski definition) is 2. The highest BCUT2D eigenvalue weighted by atomic mass is 16.5. The van der Waals surface area contributed by atoms with E-state index in [9.17, 15) is 0 Å². The number of ether oxygens (including phenoxy) is 2. The van der Waals surface area contributed by atoms with Gasteiger partial charge in [-0.3, -0.25) is 5.32 Å². The summed E-state index contributed by atoms with van der Waals surface area (Å²) >= 11 is 0. The molecule has 4 nitrogen and oxygen atoms in total. The first-order valence-corrected chi connectivity index (χ1v) is 6.00. The van der Waals surface area contributed by atoms with Gasteiger partial charge in [0.1, 0.15) is 5.72 Å². The maximum atomic E-state index is 6.09. The standard InChI is InChI=1S/C11H20N2O2/c1-4-12-8-11(1)13-7-10(9-15-11)2-5-14-6-3-10/h12-13H,1-9H2. The number of nitrogens with one attached hydrogen (secondary N) is 2. The van der Waals surface area contributed by atoms with Crippen LogP contribution < -0.4 is 10.6 Å². The summed E-state index contributed by atoms with van der Waals surface area (Å²) in [4.78, 5) is 0. The summed E-state index contributed by atoms with van der Waals surface area (Å²) in [5.74, 6) is 0. The molecule has 0 aromatic heterocycles. The molecule has 2 N–H and O–H groups in total. The van der Waals surface area contributed by atoms with Gasteiger partial charge in [0.15, 0.2) is 0 Å². The number of rotatable bonds is 0. The molecule has 4 heteroatoms. The molecule has 1 atom stereocenters. The highest BCUT2D eigenvalue weighted by Crippen LogP contribution is 2.36. The summed E-state index contributed by atoms with van der Waals surface area (Å²) in [6, 6.07) is 0. The third-order valence-electron chi connectivity index (χ3n) is 4.11. The smallest absolute Gasteiger partial charge is 0.133 e. The van der Waals surface area contributed by atoms with Gasteiger partial charge in [0, 0.05) is 38.1 Å². The summed E-state index contributed by atoms with van der Waals surface area (Å²) in [6.07, 6.45) is 3.38. The molecular weight excluding hydrogens is 192 g/mol. The lowest BCUT2D eigenvalue weighted by molar-refractivity contribution is -0.156. The van der Waals surface area contributed by atoms with E-state index in [0.29, 0.717) is 5.41 Å². The Morgan fingerprint density at radius 3 is 2.47 bits per heavy atom. The third kappa shape index (κ3) is 1.80. The quantitative estimate of drug-likeness (QED) is 0.597. The van der Waals surface area contributed by atoms with E-state index in [-0.39, 0.29) is 5.72 Å². The minimum atomic E-state index is -0.0520. The van der Waals surface area contributed by atoms with Crippen molar-refractivity contribution < 1.29 is 9.47 Å². The van der Waals surface area contributed by atoms with Gasteiger partial charge < -0.3 is 14.8 Å². The number of hydrogen-bond acceptors (Lipinski definition) is 4. The molecule has 3 fully saturated rings. The topological polar surface area (TPSA) is 42.5 Å². The molecule has 3 heterocycles. The average Bonchev–Trinajstić information content (AvgIpc) is 2.74. The van der Waals surface area contributed by atoms with Crippen LogP contribution in [-0.4, -0.2) is 45.2 Å². The molecule has 0 aromatic carbocycles. The van der Waals surface area contributed by atoms with E-state index < -0.39 is 0 Å². The van der Waals surface area contributed by atoms with Crippen molar-refractivity contribution in [2.24, 2.45) is 5.41 Å². The minimum Gasteiger partial charge on any atom is -0.381 e. The summed E-state index contributed by atoms with van der Waals surface area (Å²) in [6.45, 7) is 5.83. The Hall–Kier alpha value is -0.160. The van der Waals surface area contributed by atoms with E-state index in [1.165, 1.54) is 0 Å². The molecule has 15 heavy (non-hydrogen) atoms. The van der Waals surface area contributed by atoms with Crippen molar-refractivity contribution in [3.8, 4) is 0 Å². The second-order valence-electron chi connectivity index (χ2n) is 5.18. The second-order valence-corrected chi connectivity index (χ2v) is 5.18. The minimum absolute atomic E-state index is 0.0520. The van der Waals surface area contributed by atoms with Crippen molar-refractivity contribution in [1.82, 2.24) is 10.6 Å². The second kappa shape index (κ2) is 3.70. The Kier molecular flexibility index (Phi) is 2.47. The van der Waals surface area contributed by atoms with Gasteiger partial charge in [0.2, 0.25) is 0 Å². The fraction of sp³-hybridized carbons (Fsp3) is 1.00. The Balaban J connectivity index is 1.63. The maximum Gasteiger partial charge on any atom is 0.133 e. The Morgan fingerprint density at radius 1 is 1.00 bits per heavy atom. The molecule has 0 aliphatic carbocycles. The third-order valence-corrected chi connectivity index (χ3v) is 4.11. The molecule has 3 rings (SSSR count). The van der Waals surface area contributed by atoms with Crippen LogP contribution in [-0.2, 0) is 9.47 Å². The molecule has 1 unspecified atom stereocenters. The van der Waals surface area contributed by atoms with Crippen LogP contribution in [0.5, 0.6) is 0 Å². The van der Waals surface area contributed by atoms with E-state index in [4.69, 9.17) is 9.47 Å². The average molecular weight is 212 g/mol. The van der Waals surface area contributed by atoms with Crippen molar-refractivity contribution in [3.05, 3.63) is 0 Å². The zero-order valence-electron chi connectivity index (χ0n) is 9.18. The first-order chi connectivity index (χ1) is 7.33. The van der Waals surface area contributed by atoms with Gasteiger partial charge in [-0.25, -0.2) is 0 Å². The largest absolute Gasteiger partial charge is 0.381 e. The van der Waals surface area contributed by atoms with E-state index >= 15 is 0 Å². The molecule has 0 bridgehead atoms. The Labute approximate surface area is 90.7 Å². The van der Waals surface area contributed by atoms with Crippen LogP contribution in [0.15, 0.2) is 0 Å². The molecular formula is C11H20N2O2. The van der Waals surface area contributed by atoms with E-state index in [2.05, 4.69) is 10.6 Å². The van der Waals surface area contributed by atoms with E-state index in [1.54, 1.807) is 0 Å². The predicted octanol–water partition coefficient (Wildman–Crippen LogP) is 0.0926. The van der Waals surface area contributed by atoms with Crippen LogP contribution in [0.25, 0.3) is 0 Å². The zero-order valence-corrected chi connectivity index (χ0v) is 9.18. The van der Waals surface area contributed by atoms with Gasteiger partial charge in [0.05, 0.1) is 6.61 Å². The Morgan fingerprint density at radius 2 is 1.87 bits per heavy atom. The zero-order chi connectivity index (χ0) is 10.2. The monoisotopic (exact) mass is 212 g/mol. The molecule has 86 valence electrons. The molecule has 0 aromatic rings. The van der Waals surface area contributed by atoms with Crippen molar-refractivity contribution in [3.63, 3.8) is 0 Å². The molecule has 0 radical (unpaired) electrons. The van der Waals surface area contributed by atoms with Crippen LogP contribution in [0, 0.1) is 5.41 Å². The summed E-state index contributed by atoms with van der Waals surface area (Å²) < 4.78 is 11.5. The van der Waals surface area contributed by atoms with Gasteiger partial charge in [0.25, 0.3) is 0 Å². The van der Waals surface area contributed by atoms with E-state index in [0.717, 1.165) is 58.7 Å².